The average Bonchev–Trinajstić information content (AvgIpc) is 2.82. The number of carboxylic acid groups (broad SMARTS) is 4. The molecule has 1 aromatic carbocycles. The van der Waals surface area contributed by atoms with Gasteiger partial charge in [0.2, 0.25) is 0 Å². The molecule has 2 rings (SSSR count). The Hall–Kier alpha value is -1.94. The molecule has 1 saturated heterocycles. The minimum atomic E-state index is -1.05. The van der Waals surface area contributed by atoms with Gasteiger partial charge in [0.1, 0.15) is 5.75 Å². The predicted molar refractivity (Wildman–Crippen MR) is 137 cm³/mol. The van der Waals surface area contributed by atoms with Crippen LogP contribution in [0.15, 0.2) is 24.3 Å². The topological polar surface area (TPSA) is 171 Å². The normalized spacial score (nSPS) is 18.7. The molecule has 4 N–H and O–H groups in total. The van der Waals surface area contributed by atoms with Gasteiger partial charge in [0.15, 0.2) is 0 Å². The van der Waals surface area contributed by atoms with E-state index in [1.54, 1.807) is 19.6 Å². The maximum absolute atomic E-state index is 11.8. The fraction of sp³-hybridized carbons (Fsp3) is 0.600. The number of rotatable bonds is 12. The van der Waals surface area contributed by atoms with Crippen molar-refractivity contribution in [2.45, 2.75) is 19.4 Å². The molecule has 0 radical (unpaired) electrons. The van der Waals surface area contributed by atoms with E-state index in [1.807, 2.05) is 31.2 Å². The minimum absolute atomic E-state index is 0. The first-order valence-electron chi connectivity index (χ1n) is 12.6. The molecule has 1 aliphatic heterocycles. The number of carbonyl (C=O) groups is 4. The van der Waals surface area contributed by atoms with Crippen molar-refractivity contribution in [2.75, 3.05) is 78.6 Å². The maximum Gasteiger partial charge on any atom is 0.317 e. The van der Waals surface area contributed by atoms with Crippen molar-refractivity contribution in [1.82, 2.24) is 19.6 Å². The van der Waals surface area contributed by atoms with Gasteiger partial charge < -0.3 is 25.2 Å². The van der Waals surface area contributed by atoms with E-state index in [1.165, 1.54) is 0 Å². The van der Waals surface area contributed by atoms with Gasteiger partial charge in [-0.25, -0.2) is 0 Å². The van der Waals surface area contributed by atoms with Crippen molar-refractivity contribution in [3.05, 3.63) is 29.8 Å². The van der Waals surface area contributed by atoms with Crippen molar-refractivity contribution in [2.24, 2.45) is 0 Å². The summed E-state index contributed by atoms with van der Waals surface area (Å²) in [6.07, 6.45) is 0.424. The summed E-state index contributed by atoms with van der Waals surface area (Å²) in [5.74, 6) is -3.46. The monoisotopic (exact) mass is 696 g/mol. The Morgan fingerprint density at radius 1 is 0.718 bits per heavy atom. The number of nitrogens with zero attached hydrogens (tertiary/aromatic N) is 4. The molecular formula is C25H38GdN4O9. The van der Waals surface area contributed by atoms with Gasteiger partial charge in [-0.3, -0.25) is 38.8 Å². The van der Waals surface area contributed by atoms with Gasteiger partial charge in [-0.2, -0.15) is 0 Å². The van der Waals surface area contributed by atoms with Crippen LogP contribution in [0.4, 0.5) is 0 Å². The Morgan fingerprint density at radius 2 is 1.15 bits per heavy atom. The van der Waals surface area contributed by atoms with E-state index in [0.717, 1.165) is 5.56 Å². The molecule has 1 aliphatic rings. The third kappa shape index (κ3) is 14.3. The molecule has 0 spiro atoms. The second kappa shape index (κ2) is 18.4. The standard InChI is InChI=1S/C25H38N4O9.Gd/c1-2-38-21-5-3-19(4-6-21)13-20-14-28(17-24(34)35)10-9-26(15-22(30)31)7-8-27(16-23(32)33)11-12-29(20)18-25(36)37;/h3-6,20H,2,7-18H2,1H3,(H,30,31)(H,32,33)(H,34,35)(H,36,37);. The number of carboxylic acids is 4. The van der Waals surface area contributed by atoms with Crippen LogP contribution in [0.5, 0.6) is 5.75 Å². The number of aliphatic carboxylic acids is 4. The van der Waals surface area contributed by atoms with Crippen molar-refractivity contribution < 1.29 is 84.3 Å². The molecule has 0 bridgehead atoms. The predicted octanol–water partition coefficient (Wildman–Crippen LogP) is -0.444. The summed E-state index contributed by atoms with van der Waals surface area (Å²) in [6, 6.07) is 7.01. The van der Waals surface area contributed by atoms with Gasteiger partial charge in [0.25, 0.3) is 0 Å². The van der Waals surface area contributed by atoms with Gasteiger partial charge >= 0.3 is 23.9 Å². The van der Waals surface area contributed by atoms with Crippen LogP contribution in [-0.4, -0.2) is 149 Å². The average molecular weight is 696 g/mol. The van der Waals surface area contributed by atoms with Crippen LogP contribution in [0.1, 0.15) is 12.5 Å². The molecule has 1 aromatic rings. The largest absolute Gasteiger partial charge is 0.494 e. The van der Waals surface area contributed by atoms with E-state index in [2.05, 4.69) is 0 Å². The van der Waals surface area contributed by atoms with E-state index < -0.39 is 29.9 Å². The number of ether oxygens (including phenoxy) is 1. The Labute approximate surface area is 260 Å². The summed E-state index contributed by atoms with van der Waals surface area (Å²) < 4.78 is 5.50. The number of benzene rings is 1. The summed E-state index contributed by atoms with van der Waals surface area (Å²) in [5, 5.41) is 37.9. The molecule has 39 heavy (non-hydrogen) atoms. The van der Waals surface area contributed by atoms with Crippen LogP contribution in [-0.2, 0) is 25.6 Å². The smallest absolute Gasteiger partial charge is 0.317 e. The van der Waals surface area contributed by atoms with Gasteiger partial charge in [0, 0.05) is 91.8 Å². The molecule has 0 aliphatic carbocycles. The van der Waals surface area contributed by atoms with Gasteiger partial charge in [-0.15, -0.1) is 0 Å². The Morgan fingerprint density at radius 3 is 1.62 bits per heavy atom. The van der Waals surface area contributed by atoms with Crippen molar-refractivity contribution >= 4 is 23.9 Å². The summed E-state index contributed by atoms with van der Waals surface area (Å²) in [5.41, 5.74) is 0.908. The molecule has 0 saturated carbocycles. The second-order valence-electron chi connectivity index (χ2n) is 9.27. The van der Waals surface area contributed by atoms with Crippen molar-refractivity contribution in [3.63, 3.8) is 0 Å². The van der Waals surface area contributed by atoms with Crippen LogP contribution >= 0.6 is 0 Å². The van der Waals surface area contributed by atoms with Gasteiger partial charge in [-0.05, 0) is 31.0 Å². The van der Waals surface area contributed by atoms with E-state index in [4.69, 9.17) is 4.74 Å². The number of hydrogen-bond donors (Lipinski definition) is 4. The Bertz CT molecular complexity index is 935. The van der Waals surface area contributed by atoms with Crippen LogP contribution in [0.3, 0.4) is 0 Å². The summed E-state index contributed by atoms with van der Waals surface area (Å²) in [7, 11) is 0. The quantitative estimate of drug-likeness (QED) is 0.222. The molecular weight excluding hydrogens is 658 g/mol. The Kier molecular flexibility index (Phi) is 16.6. The molecule has 1 atom stereocenters. The fourth-order valence-corrected chi connectivity index (χ4v) is 4.52. The van der Waals surface area contributed by atoms with Gasteiger partial charge in [-0.1, -0.05) is 12.1 Å². The number of hydrogen-bond acceptors (Lipinski definition) is 9. The zero-order chi connectivity index (χ0) is 28.1. The molecule has 0 aromatic heterocycles. The van der Waals surface area contributed by atoms with Crippen molar-refractivity contribution in [1.29, 1.82) is 0 Å². The van der Waals surface area contributed by atoms with Gasteiger partial charge in [0.05, 0.1) is 32.8 Å². The molecule has 1 heterocycles. The van der Waals surface area contributed by atoms with E-state index in [0.29, 0.717) is 18.8 Å². The molecule has 14 heteroatoms. The second-order valence-corrected chi connectivity index (χ2v) is 9.27. The van der Waals surface area contributed by atoms with E-state index in [-0.39, 0.29) is 112 Å². The molecule has 1 unspecified atom stereocenters. The zero-order valence-corrected chi connectivity index (χ0v) is 24.3. The van der Waals surface area contributed by atoms with Crippen molar-refractivity contribution in [3.8, 4) is 5.75 Å². The fourth-order valence-electron chi connectivity index (χ4n) is 4.52. The summed E-state index contributed by atoms with van der Waals surface area (Å²) in [4.78, 5) is 53.0. The van der Waals surface area contributed by atoms with Crippen LogP contribution in [0.25, 0.3) is 0 Å². The third-order valence-corrected chi connectivity index (χ3v) is 6.27. The Balaban J connectivity index is 0.00000760. The SMILES string of the molecule is CCOc1ccc(CC2CN(CC(=O)O)CCN(CC(=O)O)CCN(CC(=O)O)CCN2CC(=O)O)cc1.[Gd]. The first-order chi connectivity index (χ1) is 18.0. The maximum atomic E-state index is 11.8. The minimum Gasteiger partial charge on any atom is -0.494 e. The zero-order valence-electron chi connectivity index (χ0n) is 22.1. The summed E-state index contributed by atoms with van der Waals surface area (Å²) in [6.45, 7) is 3.05. The summed E-state index contributed by atoms with van der Waals surface area (Å²) >= 11 is 0. The van der Waals surface area contributed by atoms with E-state index in [9.17, 15) is 39.6 Å². The molecule has 13 nitrogen and oxygen atoms in total. The third-order valence-electron chi connectivity index (χ3n) is 6.27. The van der Waals surface area contributed by atoms with E-state index >= 15 is 0 Å². The molecule has 220 valence electrons. The molecule has 1 fully saturated rings. The first-order valence-corrected chi connectivity index (χ1v) is 12.6. The van der Waals surface area contributed by atoms with Crippen LogP contribution in [0, 0.1) is 39.9 Å². The van der Waals surface area contributed by atoms with Crippen LogP contribution < -0.4 is 4.74 Å². The molecule has 0 amide bonds. The first kappa shape index (κ1) is 35.1. The van der Waals surface area contributed by atoms with Crippen LogP contribution in [0.2, 0.25) is 0 Å².